The Balaban J connectivity index is 0.00000408. The molecule has 0 aliphatic heterocycles. The summed E-state index contributed by atoms with van der Waals surface area (Å²) in [6.45, 7) is 7.15. The van der Waals surface area contributed by atoms with Crippen molar-refractivity contribution in [2.24, 2.45) is 0 Å². The number of carbonyl (C=O) groups is 1. The molecule has 2 aromatic carbocycles. The summed E-state index contributed by atoms with van der Waals surface area (Å²) in [5.74, 6) is 0.238. The normalized spacial score (nSPS) is 11.6. The van der Waals surface area contributed by atoms with E-state index < -0.39 is 9.84 Å². The second kappa shape index (κ2) is 12.8. The van der Waals surface area contributed by atoms with E-state index in [0.29, 0.717) is 35.9 Å². The smallest absolute Gasteiger partial charge is 0.229 e. The van der Waals surface area contributed by atoms with Crippen molar-refractivity contribution < 1.29 is 17.6 Å². The van der Waals surface area contributed by atoms with Crippen molar-refractivity contribution in [3.05, 3.63) is 48.3 Å². The number of likely N-dealkylation sites (N-methyl/N-ethyl adjacent to an activating group) is 1. The Bertz CT molecular complexity index is 1200. The van der Waals surface area contributed by atoms with Crippen molar-refractivity contribution in [2.75, 3.05) is 43.1 Å². The minimum absolute atomic E-state index is 0. The van der Waals surface area contributed by atoms with Crippen LogP contribution in [0.4, 0.5) is 9.52 Å². The largest absolute Gasteiger partial charge is 0.302 e. The number of hydrogen-bond acceptors (Lipinski definition) is 7. The van der Waals surface area contributed by atoms with Gasteiger partial charge in [0.2, 0.25) is 5.91 Å². The van der Waals surface area contributed by atoms with E-state index in [2.05, 4.69) is 23.7 Å². The Morgan fingerprint density at radius 3 is 2.38 bits per heavy atom. The molecule has 6 nitrogen and oxygen atoms in total. The lowest BCUT2D eigenvalue weighted by Gasteiger charge is -2.24. The fraction of sp³-hybridized carbons (Fsp3) is 0.391. The van der Waals surface area contributed by atoms with Crippen molar-refractivity contribution >= 4 is 66.6 Å². The number of sulfone groups is 1. The summed E-state index contributed by atoms with van der Waals surface area (Å²) in [4.78, 5) is 22.9. The van der Waals surface area contributed by atoms with E-state index in [0.717, 1.165) is 22.7 Å². The number of fused-ring (bicyclic) bond motifs is 1. The zero-order valence-electron chi connectivity index (χ0n) is 19.4. The third-order valence-corrected chi connectivity index (χ3v) is 8.41. The van der Waals surface area contributed by atoms with Gasteiger partial charge in [0.05, 0.1) is 15.1 Å². The molecule has 0 bridgehead atoms. The Labute approximate surface area is 214 Å². The number of halogens is 2. The van der Waals surface area contributed by atoms with E-state index in [1.165, 1.54) is 41.5 Å². The molecule has 0 spiro atoms. The van der Waals surface area contributed by atoms with Gasteiger partial charge in [-0.2, -0.15) is 0 Å². The number of anilines is 1. The van der Waals surface area contributed by atoms with Crippen LogP contribution in [0.15, 0.2) is 52.3 Å². The molecule has 0 aliphatic rings. The molecule has 1 amide bonds. The van der Waals surface area contributed by atoms with Gasteiger partial charge in [-0.25, -0.2) is 17.8 Å². The molecule has 34 heavy (non-hydrogen) atoms. The molecule has 11 heteroatoms. The molecule has 0 saturated carbocycles. The molecular formula is C23H29ClFN3O3S3. The standard InChI is InChI=1S/C23H28FN3O3S3.ClH/c1-4-26(5-2)13-14-27(22(28)12-15-31-18-8-6-17(24)7-9-18)23-25-20-11-10-19(33(3,29)30)16-21(20)32-23;/h6-11,16H,4-5,12-15H2,1-3H3;1H. The molecular weight excluding hydrogens is 517 g/mol. The van der Waals surface area contributed by atoms with Crippen LogP contribution in [0.2, 0.25) is 0 Å². The maximum Gasteiger partial charge on any atom is 0.229 e. The number of nitrogens with zero attached hydrogens (tertiary/aromatic N) is 3. The van der Waals surface area contributed by atoms with E-state index in [1.54, 1.807) is 35.2 Å². The van der Waals surface area contributed by atoms with Gasteiger partial charge in [0.25, 0.3) is 0 Å². The van der Waals surface area contributed by atoms with Gasteiger partial charge >= 0.3 is 0 Å². The first kappa shape index (κ1) is 28.5. The molecule has 0 saturated heterocycles. The van der Waals surface area contributed by atoms with Crippen molar-refractivity contribution in [1.82, 2.24) is 9.88 Å². The Hall–Kier alpha value is -1.72. The summed E-state index contributed by atoms with van der Waals surface area (Å²) in [7, 11) is -3.33. The predicted molar refractivity (Wildman–Crippen MR) is 142 cm³/mol. The zero-order chi connectivity index (χ0) is 24.0. The van der Waals surface area contributed by atoms with Crippen molar-refractivity contribution in [2.45, 2.75) is 30.1 Å². The maximum atomic E-state index is 13.2. The molecule has 0 unspecified atom stereocenters. The minimum atomic E-state index is -3.33. The summed E-state index contributed by atoms with van der Waals surface area (Å²) in [5, 5.41) is 0.569. The number of benzene rings is 2. The average Bonchev–Trinajstić information content (AvgIpc) is 3.20. The first-order chi connectivity index (χ1) is 15.7. The number of thioether (sulfide) groups is 1. The van der Waals surface area contributed by atoms with Crippen LogP contribution in [-0.2, 0) is 14.6 Å². The summed E-state index contributed by atoms with van der Waals surface area (Å²) in [5.41, 5.74) is 0.670. The number of amides is 1. The molecule has 0 aliphatic carbocycles. The van der Waals surface area contributed by atoms with E-state index in [-0.39, 0.29) is 29.0 Å². The van der Waals surface area contributed by atoms with Gasteiger partial charge in [0, 0.05) is 36.4 Å². The monoisotopic (exact) mass is 545 g/mol. The van der Waals surface area contributed by atoms with Crippen molar-refractivity contribution in [3.63, 3.8) is 0 Å². The number of carbonyl (C=O) groups excluding carboxylic acids is 1. The molecule has 3 aromatic rings. The van der Waals surface area contributed by atoms with Gasteiger partial charge in [0.1, 0.15) is 5.82 Å². The fourth-order valence-electron chi connectivity index (χ4n) is 3.27. The molecule has 3 rings (SSSR count). The third kappa shape index (κ3) is 7.64. The molecule has 1 heterocycles. The van der Waals surface area contributed by atoms with E-state index in [9.17, 15) is 17.6 Å². The Morgan fingerprint density at radius 1 is 1.09 bits per heavy atom. The average molecular weight is 546 g/mol. The fourth-order valence-corrected chi connectivity index (χ4v) is 5.88. The molecule has 0 radical (unpaired) electrons. The molecule has 0 atom stereocenters. The third-order valence-electron chi connectivity index (χ3n) is 5.24. The summed E-state index contributed by atoms with van der Waals surface area (Å²) < 4.78 is 37.7. The van der Waals surface area contributed by atoms with Crippen LogP contribution in [0.3, 0.4) is 0 Å². The van der Waals surface area contributed by atoms with Gasteiger partial charge in [0.15, 0.2) is 15.0 Å². The lowest BCUT2D eigenvalue weighted by molar-refractivity contribution is -0.118. The number of aromatic nitrogens is 1. The van der Waals surface area contributed by atoms with E-state index in [1.807, 2.05) is 0 Å². The van der Waals surface area contributed by atoms with Crippen LogP contribution in [0.25, 0.3) is 10.2 Å². The number of hydrogen-bond donors (Lipinski definition) is 0. The quantitative estimate of drug-likeness (QED) is 0.312. The van der Waals surface area contributed by atoms with E-state index >= 15 is 0 Å². The van der Waals surface area contributed by atoms with Crippen LogP contribution in [0.1, 0.15) is 20.3 Å². The van der Waals surface area contributed by atoms with Crippen LogP contribution in [-0.4, -0.2) is 62.4 Å². The highest BCUT2D eigenvalue weighted by Gasteiger charge is 2.21. The summed E-state index contributed by atoms with van der Waals surface area (Å²) in [6, 6.07) is 11.1. The predicted octanol–water partition coefficient (Wildman–Crippen LogP) is 5.12. The maximum absolute atomic E-state index is 13.2. The van der Waals surface area contributed by atoms with Crippen LogP contribution in [0, 0.1) is 5.82 Å². The number of rotatable bonds is 11. The second-order valence-electron chi connectivity index (χ2n) is 7.52. The summed E-state index contributed by atoms with van der Waals surface area (Å²) in [6.07, 6.45) is 1.49. The van der Waals surface area contributed by atoms with Crippen LogP contribution in [0.5, 0.6) is 0 Å². The lowest BCUT2D eigenvalue weighted by atomic mass is 10.3. The first-order valence-electron chi connectivity index (χ1n) is 10.7. The number of thiazole rings is 1. The van der Waals surface area contributed by atoms with Crippen LogP contribution < -0.4 is 4.90 Å². The van der Waals surface area contributed by atoms with Gasteiger partial charge < -0.3 is 4.90 Å². The Morgan fingerprint density at radius 2 is 1.76 bits per heavy atom. The minimum Gasteiger partial charge on any atom is -0.302 e. The van der Waals surface area contributed by atoms with Gasteiger partial charge in [-0.3, -0.25) is 9.69 Å². The lowest BCUT2D eigenvalue weighted by Crippen LogP contribution is -2.39. The summed E-state index contributed by atoms with van der Waals surface area (Å²) >= 11 is 2.83. The van der Waals surface area contributed by atoms with Crippen molar-refractivity contribution in [3.8, 4) is 0 Å². The van der Waals surface area contributed by atoms with Crippen molar-refractivity contribution in [1.29, 1.82) is 0 Å². The van der Waals surface area contributed by atoms with E-state index in [4.69, 9.17) is 0 Å². The first-order valence-corrected chi connectivity index (χ1v) is 14.4. The highest BCUT2D eigenvalue weighted by atomic mass is 35.5. The Kier molecular flexibility index (Phi) is 10.8. The van der Waals surface area contributed by atoms with Gasteiger partial charge in [-0.05, 0) is 55.6 Å². The zero-order valence-corrected chi connectivity index (χ0v) is 22.6. The SMILES string of the molecule is CCN(CC)CCN(C(=O)CCSc1ccc(F)cc1)c1nc2ccc(S(C)(=O)=O)cc2s1.Cl. The highest BCUT2D eigenvalue weighted by molar-refractivity contribution is 7.99. The molecule has 1 aromatic heterocycles. The highest BCUT2D eigenvalue weighted by Crippen LogP contribution is 2.31. The topological polar surface area (TPSA) is 70.6 Å². The molecule has 0 N–H and O–H groups in total. The van der Waals surface area contributed by atoms with Gasteiger partial charge in [-0.15, -0.1) is 24.2 Å². The molecule has 0 fully saturated rings. The van der Waals surface area contributed by atoms with Crippen LogP contribution >= 0.6 is 35.5 Å². The van der Waals surface area contributed by atoms with Gasteiger partial charge in [-0.1, -0.05) is 25.2 Å². The second-order valence-corrected chi connectivity index (χ2v) is 11.7. The molecule has 186 valence electrons.